The van der Waals surface area contributed by atoms with Gasteiger partial charge in [0.25, 0.3) is 0 Å². The highest BCUT2D eigenvalue weighted by Crippen LogP contribution is 2.14. The zero-order valence-electron chi connectivity index (χ0n) is 7.71. The highest BCUT2D eigenvalue weighted by Gasteiger charge is 2.19. The van der Waals surface area contributed by atoms with Crippen molar-refractivity contribution in [1.82, 2.24) is 4.90 Å². The molecular weight excluding hydrogens is 136 g/mol. The second-order valence-electron chi connectivity index (χ2n) is 3.93. The molecule has 2 N–H and O–H groups in total. The maximum atomic E-state index is 5.89. The summed E-state index contributed by atoms with van der Waals surface area (Å²) in [4.78, 5) is 2.40. The quantitative estimate of drug-likeness (QED) is 0.669. The third kappa shape index (κ3) is 2.80. The fourth-order valence-corrected chi connectivity index (χ4v) is 1.55. The molecule has 0 bridgehead atoms. The van der Waals surface area contributed by atoms with Crippen LogP contribution < -0.4 is 5.73 Å². The smallest absolute Gasteiger partial charge is 0.0572 e. The van der Waals surface area contributed by atoms with E-state index >= 15 is 0 Å². The maximum Gasteiger partial charge on any atom is 0.0572 e. The molecule has 0 amide bonds. The van der Waals surface area contributed by atoms with Gasteiger partial charge >= 0.3 is 0 Å². The SMILES string of the molecule is CC(C)CCN1CCC[C@H]1N. The zero-order chi connectivity index (χ0) is 8.27. The van der Waals surface area contributed by atoms with Crippen LogP contribution in [0.3, 0.4) is 0 Å². The fraction of sp³-hybridized carbons (Fsp3) is 1.00. The van der Waals surface area contributed by atoms with Crippen LogP contribution in [0, 0.1) is 5.92 Å². The molecule has 1 saturated heterocycles. The van der Waals surface area contributed by atoms with Gasteiger partial charge in [0, 0.05) is 0 Å². The highest BCUT2D eigenvalue weighted by atomic mass is 15.2. The topological polar surface area (TPSA) is 29.3 Å². The molecule has 1 aliphatic rings. The standard InChI is InChI=1S/C9H20N2/c1-8(2)5-7-11-6-3-4-9(11)10/h8-9H,3-7,10H2,1-2H3/t9-/m0/s1. The van der Waals surface area contributed by atoms with Crippen LogP contribution in [0.25, 0.3) is 0 Å². The van der Waals surface area contributed by atoms with E-state index in [0.29, 0.717) is 6.17 Å². The van der Waals surface area contributed by atoms with Crippen LogP contribution in [0.5, 0.6) is 0 Å². The Kier molecular flexibility index (Phi) is 3.34. The second kappa shape index (κ2) is 4.07. The third-order valence-electron chi connectivity index (χ3n) is 2.41. The summed E-state index contributed by atoms with van der Waals surface area (Å²) in [7, 11) is 0. The van der Waals surface area contributed by atoms with E-state index in [1.807, 2.05) is 0 Å². The van der Waals surface area contributed by atoms with E-state index in [4.69, 9.17) is 5.73 Å². The third-order valence-corrected chi connectivity index (χ3v) is 2.41. The van der Waals surface area contributed by atoms with Gasteiger partial charge in [0.15, 0.2) is 0 Å². The van der Waals surface area contributed by atoms with Crippen molar-refractivity contribution in [2.75, 3.05) is 13.1 Å². The van der Waals surface area contributed by atoms with E-state index in [1.165, 1.54) is 32.4 Å². The van der Waals surface area contributed by atoms with Gasteiger partial charge in [-0.25, -0.2) is 0 Å². The molecule has 11 heavy (non-hydrogen) atoms. The molecule has 1 rings (SSSR count). The molecule has 0 unspecified atom stereocenters. The summed E-state index contributed by atoms with van der Waals surface area (Å²) in [6.07, 6.45) is 4.12. The Balaban J connectivity index is 2.15. The summed E-state index contributed by atoms with van der Waals surface area (Å²) in [5, 5.41) is 0. The molecule has 0 aromatic heterocycles. The minimum Gasteiger partial charge on any atom is -0.316 e. The zero-order valence-corrected chi connectivity index (χ0v) is 7.71. The Morgan fingerprint density at radius 2 is 2.27 bits per heavy atom. The molecule has 0 saturated carbocycles. The Bertz CT molecular complexity index is 112. The number of likely N-dealkylation sites (tertiary alicyclic amines) is 1. The summed E-state index contributed by atoms with van der Waals surface area (Å²) >= 11 is 0. The predicted octanol–water partition coefficient (Wildman–Crippen LogP) is 1.41. The molecule has 0 aromatic rings. The lowest BCUT2D eigenvalue weighted by molar-refractivity contribution is 0.244. The lowest BCUT2D eigenvalue weighted by Crippen LogP contribution is -2.37. The molecule has 1 heterocycles. The first kappa shape index (κ1) is 9.01. The van der Waals surface area contributed by atoms with Gasteiger partial charge in [-0.3, -0.25) is 4.90 Å². The highest BCUT2D eigenvalue weighted by molar-refractivity contribution is 4.73. The van der Waals surface area contributed by atoms with Crippen LogP contribution in [0.2, 0.25) is 0 Å². The van der Waals surface area contributed by atoms with Crippen LogP contribution in [0.1, 0.15) is 33.1 Å². The van der Waals surface area contributed by atoms with Gasteiger partial charge in [0.2, 0.25) is 0 Å². The number of rotatable bonds is 3. The average Bonchev–Trinajstić information content (AvgIpc) is 2.31. The Morgan fingerprint density at radius 3 is 2.73 bits per heavy atom. The van der Waals surface area contributed by atoms with E-state index in [9.17, 15) is 0 Å². The van der Waals surface area contributed by atoms with Crippen LogP contribution in [-0.2, 0) is 0 Å². The van der Waals surface area contributed by atoms with Gasteiger partial charge < -0.3 is 5.73 Å². The van der Waals surface area contributed by atoms with Crippen molar-refractivity contribution in [2.45, 2.75) is 39.3 Å². The molecular formula is C9H20N2. The second-order valence-corrected chi connectivity index (χ2v) is 3.93. The van der Waals surface area contributed by atoms with Gasteiger partial charge in [-0.2, -0.15) is 0 Å². The summed E-state index contributed by atoms with van der Waals surface area (Å²) < 4.78 is 0. The largest absolute Gasteiger partial charge is 0.316 e. The number of nitrogens with zero attached hydrogens (tertiary/aromatic N) is 1. The normalized spacial score (nSPS) is 26.7. The molecule has 1 atom stereocenters. The number of hydrogen-bond donors (Lipinski definition) is 1. The van der Waals surface area contributed by atoms with E-state index < -0.39 is 0 Å². The predicted molar refractivity (Wildman–Crippen MR) is 48.2 cm³/mol. The molecule has 2 heteroatoms. The first-order chi connectivity index (χ1) is 5.20. The first-order valence-electron chi connectivity index (χ1n) is 4.70. The number of hydrogen-bond acceptors (Lipinski definition) is 2. The van der Waals surface area contributed by atoms with Gasteiger partial charge in [-0.05, 0) is 38.3 Å². The monoisotopic (exact) mass is 156 g/mol. The van der Waals surface area contributed by atoms with Crippen molar-refractivity contribution < 1.29 is 0 Å². The summed E-state index contributed by atoms with van der Waals surface area (Å²) in [5.74, 6) is 0.808. The van der Waals surface area contributed by atoms with Crippen LogP contribution in [0.15, 0.2) is 0 Å². The van der Waals surface area contributed by atoms with Crippen molar-refractivity contribution in [2.24, 2.45) is 11.7 Å². The molecule has 0 aliphatic carbocycles. The molecule has 1 fully saturated rings. The molecule has 1 aliphatic heterocycles. The molecule has 0 aromatic carbocycles. The fourth-order valence-electron chi connectivity index (χ4n) is 1.55. The average molecular weight is 156 g/mol. The summed E-state index contributed by atoms with van der Waals surface area (Å²) in [5.41, 5.74) is 5.89. The van der Waals surface area contributed by atoms with Crippen molar-refractivity contribution in [3.05, 3.63) is 0 Å². The van der Waals surface area contributed by atoms with Crippen LogP contribution in [-0.4, -0.2) is 24.2 Å². The van der Waals surface area contributed by atoms with Gasteiger partial charge in [-0.1, -0.05) is 13.8 Å². The van der Waals surface area contributed by atoms with Gasteiger partial charge in [-0.15, -0.1) is 0 Å². The minimum absolute atomic E-state index is 0.355. The lowest BCUT2D eigenvalue weighted by Gasteiger charge is -2.21. The Labute approximate surface area is 69.8 Å². The van der Waals surface area contributed by atoms with E-state index in [2.05, 4.69) is 18.7 Å². The van der Waals surface area contributed by atoms with Crippen molar-refractivity contribution >= 4 is 0 Å². The molecule has 2 nitrogen and oxygen atoms in total. The number of nitrogens with two attached hydrogens (primary N) is 1. The van der Waals surface area contributed by atoms with E-state index in [1.54, 1.807) is 0 Å². The van der Waals surface area contributed by atoms with Crippen LogP contribution in [0.4, 0.5) is 0 Å². The Morgan fingerprint density at radius 1 is 1.55 bits per heavy atom. The van der Waals surface area contributed by atoms with Gasteiger partial charge in [0.05, 0.1) is 6.17 Å². The summed E-state index contributed by atoms with van der Waals surface area (Å²) in [6, 6.07) is 0. The minimum atomic E-state index is 0.355. The van der Waals surface area contributed by atoms with Crippen LogP contribution >= 0.6 is 0 Å². The van der Waals surface area contributed by atoms with Gasteiger partial charge in [0.1, 0.15) is 0 Å². The maximum absolute atomic E-state index is 5.89. The molecule has 0 spiro atoms. The molecule has 66 valence electrons. The van der Waals surface area contributed by atoms with E-state index in [-0.39, 0.29) is 0 Å². The Hall–Kier alpha value is -0.0800. The molecule has 0 radical (unpaired) electrons. The van der Waals surface area contributed by atoms with Crippen molar-refractivity contribution in [1.29, 1.82) is 0 Å². The lowest BCUT2D eigenvalue weighted by atomic mass is 10.1. The van der Waals surface area contributed by atoms with Crippen molar-refractivity contribution in [3.63, 3.8) is 0 Å². The first-order valence-corrected chi connectivity index (χ1v) is 4.70. The van der Waals surface area contributed by atoms with E-state index in [0.717, 1.165) is 5.92 Å². The summed E-state index contributed by atoms with van der Waals surface area (Å²) in [6.45, 7) is 6.94. The van der Waals surface area contributed by atoms with Crippen molar-refractivity contribution in [3.8, 4) is 0 Å².